The van der Waals surface area contributed by atoms with E-state index in [4.69, 9.17) is 9.47 Å². The van der Waals surface area contributed by atoms with E-state index in [9.17, 15) is 19.5 Å². The molecule has 176 valence electrons. The molecule has 34 heavy (non-hydrogen) atoms. The van der Waals surface area contributed by atoms with Crippen molar-refractivity contribution < 1.29 is 29.0 Å². The fourth-order valence-electron chi connectivity index (χ4n) is 5.97. The van der Waals surface area contributed by atoms with Crippen LogP contribution >= 0.6 is 0 Å². The summed E-state index contributed by atoms with van der Waals surface area (Å²) in [7, 11) is 0. The number of aryl methyl sites for hydroxylation is 1. The quantitative estimate of drug-likeness (QED) is 0.585. The Morgan fingerprint density at radius 1 is 1.15 bits per heavy atom. The molecule has 0 saturated carbocycles. The Hall–Kier alpha value is -3.43. The number of imide groups is 1. The molecule has 0 aromatic heterocycles. The number of nitrogens with zero attached hydrogens (tertiary/aromatic N) is 1. The molecule has 0 aliphatic carbocycles. The standard InChI is InChI=1S/C25H25N3O6/c1-3-14-5-4-6-15-21(14)26-24(32)25(15)19-18(20(27-25)12(2)29)22(30)28(23(19)31)10-13-7-8-16-17(9-13)34-11-33-16/h4-9,12,18-20,27,29H,3,10-11H2,1-2H3,(H,26,32)/t12-,18-,19-,20-,25+/m0/s1. The third kappa shape index (κ3) is 2.65. The maximum atomic E-state index is 13.8. The number of para-hydroxylation sites is 1. The van der Waals surface area contributed by atoms with E-state index < -0.39 is 41.3 Å². The van der Waals surface area contributed by atoms with Crippen molar-refractivity contribution in [2.45, 2.75) is 44.5 Å². The summed E-state index contributed by atoms with van der Waals surface area (Å²) in [5, 5.41) is 16.7. The van der Waals surface area contributed by atoms with Crippen LogP contribution in [0, 0.1) is 11.8 Å². The lowest BCUT2D eigenvalue weighted by atomic mass is 9.76. The number of fused-ring (bicyclic) bond motifs is 5. The highest BCUT2D eigenvalue weighted by atomic mass is 16.7. The second-order valence-corrected chi connectivity index (χ2v) is 9.32. The lowest BCUT2D eigenvalue weighted by molar-refractivity contribution is -0.143. The third-order valence-corrected chi connectivity index (χ3v) is 7.54. The SMILES string of the molecule is CCc1cccc2c1NC(=O)[C@@]21N[C@@H]([C@H](C)O)[C@H]2C(=O)N(Cc3ccc4c(c3)OCO4)C(=O)[C@H]21. The Bertz CT molecular complexity index is 1240. The van der Waals surface area contributed by atoms with Gasteiger partial charge < -0.3 is 19.9 Å². The number of ether oxygens (including phenoxy) is 2. The number of anilines is 1. The molecule has 9 nitrogen and oxygen atoms in total. The maximum Gasteiger partial charge on any atom is 0.250 e. The van der Waals surface area contributed by atoms with Gasteiger partial charge >= 0.3 is 0 Å². The fourth-order valence-corrected chi connectivity index (χ4v) is 5.97. The first kappa shape index (κ1) is 21.1. The highest BCUT2D eigenvalue weighted by Gasteiger charge is 2.71. The van der Waals surface area contributed by atoms with Gasteiger partial charge in [0, 0.05) is 17.3 Å². The van der Waals surface area contributed by atoms with Gasteiger partial charge in [-0.3, -0.25) is 24.6 Å². The number of carbonyl (C=O) groups excluding carboxylic acids is 3. The normalized spacial score (nSPS) is 29.6. The summed E-state index contributed by atoms with van der Waals surface area (Å²) < 4.78 is 10.8. The van der Waals surface area contributed by atoms with Gasteiger partial charge in [-0.2, -0.15) is 0 Å². The van der Waals surface area contributed by atoms with Crippen molar-refractivity contribution in [3.63, 3.8) is 0 Å². The summed E-state index contributed by atoms with van der Waals surface area (Å²) >= 11 is 0. The zero-order valence-electron chi connectivity index (χ0n) is 18.8. The number of hydrogen-bond donors (Lipinski definition) is 3. The smallest absolute Gasteiger partial charge is 0.250 e. The molecule has 9 heteroatoms. The fraction of sp³-hybridized carbons (Fsp3) is 0.400. The average Bonchev–Trinajstić information content (AvgIpc) is 3.55. The number of benzene rings is 2. The minimum Gasteiger partial charge on any atom is -0.454 e. The topological polar surface area (TPSA) is 117 Å². The van der Waals surface area contributed by atoms with Crippen molar-refractivity contribution in [3.05, 3.63) is 53.1 Å². The van der Waals surface area contributed by atoms with Crippen molar-refractivity contribution in [1.82, 2.24) is 10.2 Å². The van der Waals surface area contributed by atoms with E-state index in [1.165, 1.54) is 4.90 Å². The Morgan fingerprint density at radius 2 is 1.94 bits per heavy atom. The van der Waals surface area contributed by atoms with E-state index in [-0.39, 0.29) is 19.2 Å². The van der Waals surface area contributed by atoms with Crippen LogP contribution in [0.5, 0.6) is 11.5 Å². The molecule has 0 unspecified atom stereocenters. The van der Waals surface area contributed by atoms with E-state index >= 15 is 0 Å². The van der Waals surface area contributed by atoms with Gasteiger partial charge in [0.05, 0.1) is 24.5 Å². The molecule has 1 spiro atoms. The predicted molar refractivity (Wildman–Crippen MR) is 120 cm³/mol. The van der Waals surface area contributed by atoms with Crippen LogP contribution in [0.15, 0.2) is 36.4 Å². The zero-order valence-corrected chi connectivity index (χ0v) is 18.8. The highest BCUT2D eigenvalue weighted by Crippen LogP contribution is 2.54. The van der Waals surface area contributed by atoms with Crippen LogP contribution in [-0.4, -0.2) is 46.7 Å². The summed E-state index contributed by atoms with van der Waals surface area (Å²) in [5.41, 5.74) is 1.59. The Kier molecular flexibility index (Phi) is 4.53. The number of likely N-dealkylation sites (tertiary alicyclic amines) is 1. The van der Waals surface area contributed by atoms with Gasteiger partial charge in [0.2, 0.25) is 24.5 Å². The van der Waals surface area contributed by atoms with E-state index in [1.807, 2.05) is 25.1 Å². The van der Waals surface area contributed by atoms with Gasteiger partial charge in [-0.15, -0.1) is 0 Å². The van der Waals surface area contributed by atoms with Crippen LogP contribution in [0.25, 0.3) is 0 Å². The van der Waals surface area contributed by atoms with Gasteiger partial charge in [-0.25, -0.2) is 0 Å². The molecule has 3 N–H and O–H groups in total. The van der Waals surface area contributed by atoms with Crippen LogP contribution in [0.3, 0.4) is 0 Å². The summed E-state index contributed by atoms with van der Waals surface area (Å²) in [6.07, 6.45) is -0.239. The van der Waals surface area contributed by atoms with Crippen LogP contribution in [0.2, 0.25) is 0 Å². The second kappa shape index (κ2) is 7.28. The average molecular weight is 463 g/mol. The molecular formula is C25H25N3O6. The first-order chi connectivity index (χ1) is 16.4. The summed E-state index contributed by atoms with van der Waals surface area (Å²) in [6.45, 7) is 3.74. The molecule has 3 amide bonds. The van der Waals surface area contributed by atoms with Crippen molar-refractivity contribution in [3.8, 4) is 11.5 Å². The monoisotopic (exact) mass is 463 g/mol. The minimum absolute atomic E-state index is 0.0490. The third-order valence-electron chi connectivity index (χ3n) is 7.54. The largest absolute Gasteiger partial charge is 0.454 e. The number of aliphatic hydroxyl groups excluding tert-OH is 1. The van der Waals surface area contributed by atoms with E-state index in [0.717, 1.165) is 5.56 Å². The molecule has 4 heterocycles. The lowest BCUT2D eigenvalue weighted by Gasteiger charge is -2.30. The molecule has 5 atom stereocenters. The number of hydrogen-bond acceptors (Lipinski definition) is 7. The molecule has 0 radical (unpaired) electrons. The Labute approximate surface area is 196 Å². The summed E-state index contributed by atoms with van der Waals surface area (Å²) in [6, 6.07) is 10.2. The molecule has 2 aromatic carbocycles. The second-order valence-electron chi connectivity index (χ2n) is 9.32. The molecule has 6 rings (SSSR count). The number of aliphatic hydroxyl groups is 1. The molecule has 0 bridgehead atoms. The molecule has 4 aliphatic heterocycles. The summed E-state index contributed by atoms with van der Waals surface area (Å²) in [5.74, 6) is -1.82. The lowest BCUT2D eigenvalue weighted by Crippen LogP contribution is -2.54. The Morgan fingerprint density at radius 3 is 2.71 bits per heavy atom. The Balaban J connectivity index is 1.43. The van der Waals surface area contributed by atoms with Crippen molar-refractivity contribution >= 4 is 23.4 Å². The summed E-state index contributed by atoms with van der Waals surface area (Å²) in [4.78, 5) is 42.1. The predicted octanol–water partition coefficient (Wildman–Crippen LogP) is 1.28. The first-order valence-electron chi connectivity index (χ1n) is 11.5. The molecule has 2 fully saturated rings. The first-order valence-corrected chi connectivity index (χ1v) is 11.5. The van der Waals surface area contributed by atoms with Crippen molar-refractivity contribution in [1.29, 1.82) is 0 Å². The van der Waals surface area contributed by atoms with E-state index in [1.54, 1.807) is 25.1 Å². The number of amides is 3. The molecule has 4 aliphatic rings. The van der Waals surface area contributed by atoms with Gasteiger partial charge in [0.15, 0.2) is 11.5 Å². The van der Waals surface area contributed by atoms with Crippen molar-refractivity contribution in [2.75, 3.05) is 12.1 Å². The minimum atomic E-state index is -1.41. The molecular weight excluding hydrogens is 438 g/mol. The number of rotatable bonds is 4. The van der Waals surface area contributed by atoms with Crippen molar-refractivity contribution in [2.24, 2.45) is 11.8 Å². The van der Waals surface area contributed by atoms with Crippen LogP contribution < -0.4 is 20.1 Å². The van der Waals surface area contributed by atoms with E-state index in [0.29, 0.717) is 34.7 Å². The number of nitrogens with one attached hydrogen (secondary N) is 2. The molecule has 2 aromatic rings. The van der Waals surface area contributed by atoms with Crippen LogP contribution in [0.4, 0.5) is 5.69 Å². The van der Waals surface area contributed by atoms with E-state index in [2.05, 4.69) is 10.6 Å². The zero-order chi connectivity index (χ0) is 23.8. The van der Waals surface area contributed by atoms with Gasteiger partial charge in [0.25, 0.3) is 0 Å². The van der Waals surface area contributed by atoms with Gasteiger partial charge in [-0.1, -0.05) is 31.2 Å². The van der Waals surface area contributed by atoms with Crippen LogP contribution in [0.1, 0.15) is 30.5 Å². The van der Waals surface area contributed by atoms with Crippen LogP contribution in [-0.2, 0) is 32.9 Å². The van der Waals surface area contributed by atoms with Gasteiger partial charge in [-0.05, 0) is 36.6 Å². The highest BCUT2D eigenvalue weighted by molar-refractivity contribution is 6.15. The maximum absolute atomic E-state index is 13.8. The van der Waals surface area contributed by atoms with Gasteiger partial charge in [0.1, 0.15) is 5.54 Å². The molecule has 2 saturated heterocycles. The number of carbonyl (C=O) groups is 3.